The topological polar surface area (TPSA) is 96.9 Å². The van der Waals surface area contributed by atoms with Crippen LogP contribution in [0.2, 0.25) is 0 Å². The summed E-state index contributed by atoms with van der Waals surface area (Å²) in [5.74, 6) is 0.643. The van der Waals surface area contributed by atoms with Crippen molar-refractivity contribution in [2.45, 2.75) is 62.9 Å². The number of aliphatic hydroxyl groups excluding tert-OH is 1. The number of ether oxygens (including phenoxy) is 2. The first-order valence-corrected chi connectivity index (χ1v) is 11.9. The number of rotatable bonds is 8. The first kappa shape index (κ1) is 22.8. The summed E-state index contributed by atoms with van der Waals surface area (Å²) in [5, 5.41) is 15.7. The lowest BCUT2D eigenvalue weighted by atomic mass is 9.84. The number of nitrogens with one attached hydrogen (secondary N) is 2. The molecule has 2 heterocycles. The predicted octanol–water partition coefficient (Wildman–Crippen LogP) is 3.27. The van der Waals surface area contributed by atoms with Crippen LogP contribution in [0.1, 0.15) is 49.1 Å². The zero-order valence-electron chi connectivity index (χ0n) is 18.8. The van der Waals surface area contributed by atoms with E-state index in [1.807, 2.05) is 18.2 Å². The summed E-state index contributed by atoms with van der Waals surface area (Å²) in [5.41, 5.74) is 2.37. The van der Waals surface area contributed by atoms with E-state index in [9.17, 15) is 19.1 Å². The van der Waals surface area contributed by atoms with Gasteiger partial charge in [-0.15, -0.1) is 0 Å². The molecule has 2 aromatic rings. The van der Waals surface area contributed by atoms with Crippen LogP contribution >= 0.6 is 0 Å². The molecule has 2 amide bonds. The predicted molar refractivity (Wildman–Crippen MR) is 123 cm³/mol. The number of benzene rings is 2. The van der Waals surface area contributed by atoms with Gasteiger partial charge in [-0.3, -0.25) is 9.59 Å². The quantitative estimate of drug-likeness (QED) is 0.553. The molecule has 34 heavy (non-hydrogen) atoms. The Morgan fingerprint density at radius 2 is 1.94 bits per heavy atom. The van der Waals surface area contributed by atoms with Crippen molar-refractivity contribution < 1.29 is 28.6 Å². The van der Waals surface area contributed by atoms with Crippen molar-refractivity contribution in [1.82, 2.24) is 5.32 Å². The molecule has 2 fully saturated rings. The Kier molecular flexibility index (Phi) is 6.52. The van der Waals surface area contributed by atoms with E-state index < -0.39 is 12.2 Å². The minimum Gasteiger partial charge on any atom is -0.487 e. The van der Waals surface area contributed by atoms with E-state index in [1.165, 1.54) is 12.1 Å². The standard InChI is InChI=1S/C26H29FN2O5/c27-17-3-1-2-16(8-17)13-28-24(31)12-19-11-21-20-10-18(29-25(32)9-15-4-5-15)6-7-22(20)34-26(21)23(14-30)33-19/h1-3,6-8,10,15,19,21,23,26,30H,4-5,9,11-14H2,(H,28,31)(H,29,32)/t19-,21+,23+,26-/m1/s1. The second-order valence-corrected chi connectivity index (χ2v) is 9.46. The number of aliphatic hydroxyl groups is 1. The number of carbonyl (C=O) groups is 2. The fraction of sp³-hybridized carbons (Fsp3) is 0.462. The van der Waals surface area contributed by atoms with Crippen LogP contribution in [0.3, 0.4) is 0 Å². The van der Waals surface area contributed by atoms with E-state index in [0.717, 1.165) is 24.1 Å². The maximum atomic E-state index is 13.4. The van der Waals surface area contributed by atoms with Gasteiger partial charge >= 0.3 is 0 Å². The highest BCUT2D eigenvalue weighted by atomic mass is 19.1. The molecule has 180 valence electrons. The van der Waals surface area contributed by atoms with Crippen LogP contribution in [0, 0.1) is 11.7 Å². The number of fused-ring (bicyclic) bond motifs is 3. The van der Waals surface area contributed by atoms with E-state index in [2.05, 4.69) is 10.6 Å². The molecule has 1 aliphatic carbocycles. The van der Waals surface area contributed by atoms with Gasteiger partial charge in [-0.2, -0.15) is 0 Å². The second kappa shape index (κ2) is 9.72. The Morgan fingerprint density at radius 3 is 2.71 bits per heavy atom. The molecule has 5 rings (SSSR count). The van der Waals surface area contributed by atoms with E-state index in [0.29, 0.717) is 30.1 Å². The Morgan fingerprint density at radius 1 is 1.09 bits per heavy atom. The van der Waals surface area contributed by atoms with Gasteiger partial charge in [-0.05, 0) is 61.1 Å². The average Bonchev–Trinajstić information content (AvgIpc) is 3.55. The number of carbonyl (C=O) groups excluding carboxylic acids is 2. The third-order valence-electron chi connectivity index (χ3n) is 6.75. The average molecular weight is 469 g/mol. The van der Waals surface area contributed by atoms with E-state index in [1.54, 1.807) is 12.1 Å². The molecule has 8 heteroatoms. The van der Waals surface area contributed by atoms with Crippen LogP contribution < -0.4 is 15.4 Å². The third kappa shape index (κ3) is 5.23. The highest BCUT2D eigenvalue weighted by Crippen LogP contribution is 2.47. The molecule has 0 radical (unpaired) electrons. The minimum atomic E-state index is -0.555. The first-order valence-electron chi connectivity index (χ1n) is 11.9. The lowest BCUT2D eigenvalue weighted by Gasteiger charge is -2.37. The van der Waals surface area contributed by atoms with Crippen molar-refractivity contribution >= 4 is 17.5 Å². The molecule has 0 bridgehead atoms. The van der Waals surface area contributed by atoms with Gasteiger partial charge in [-0.25, -0.2) is 4.39 Å². The SMILES string of the molecule is O=C(C[C@H]1C[C@H]2c3cc(NC(=O)CC4CC4)ccc3O[C@H]2[C@H](CO)O1)NCc1cccc(F)c1. The molecule has 3 aliphatic rings. The Hall–Kier alpha value is -2.97. The van der Waals surface area contributed by atoms with E-state index in [-0.39, 0.29) is 49.2 Å². The number of hydrogen-bond donors (Lipinski definition) is 3. The molecule has 2 aliphatic heterocycles. The van der Waals surface area contributed by atoms with E-state index >= 15 is 0 Å². The summed E-state index contributed by atoms with van der Waals surface area (Å²) >= 11 is 0. The van der Waals surface area contributed by atoms with Crippen molar-refractivity contribution in [3.63, 3.8) is 0 Å². The van der Waals surface area contributed by atoms with Gasteiger partial charge in [0.05, 0.1) is 19.1 Å². The zero-order chi connectivity index (χ0) is 23.7. The molecule has 7 nitrogen and oxygen atoms in total. The monoisotopic (exact) mass is 468 g/mol. The van der Waals surface area contributed by atoms with Gasteiger partial charge in [0.1, 0.15) is 23.8 Å². The van der Waals surface area contributed by atoms with Crippen LogP contribution in [0.4, 0.5) is 10.1 Å². The molecule has 3 N–H and O–H groups in total. The van der Waals surface area contributed by atoms with Crippen molar-refractivity contribution in [2.24, 2.45) is 5.92 Å². The van der Waals surface area contributed by atoms with Gasteiger partial charge in [-0.1, -0.05) is 12.1 Å². The summed E-state index contributed by atoms with van der Waals surface area (Å²) in [6, 6.07) is 11.7. The van der Waals surface area contributed by atoms with Crippen LogP contribution in [-0.4, -0.2) is 41.8 Å². The number of amides is 2. The second-order valence-electron chi connectivity index (χ2n) is 9.46. The van der Waals surface area contributed by atoms with Crippen molar-refractivity contribution in [1.29, 1.82) is 0 Å². The smallest absolute Gasteiger partial charge is 0.224 e. The first-order chi connectivity index (χ1) is 16.5. The van der Waals surface area contributed by atoms with Gasteiger partial charge in [0, 0.05) is 30.1 Å². The summed E-state index contributed by atoms with van der Waals surface area (Å²) in [7, 11) is 0. The lowest BCUT2D eigenvalue weighted by molar-refractivity contribution is -0.142. The molecule has 0 unspecified atom stereocenters. The van der Waals surface area contributed by atoms with Crippen LogP contribution in [0.15, 0.2) is 42.5 Å². The molecule has 1 saturated carbocycles. The summed E-state index contributed by atoms with van der Waals surface area (Å²) in [6.07, 6.45) is 2.18. The summed E-state index contributed by atoms with van der Waals surface area (Å²) in [4.78, 5) is 24.8. The third-order valence-corrected chi connectivity index (χ3v) is 6.75. The Bertz CT molecular complexity index is 1070. The van der Waals surface area contributed by atoms with Crippen molar-refractivity contribution in [3.05, 3.63) is 59.4 Å². The summed E-state index contributed by atoms with van der Waals surface area (Å²) in [6.45, 7) is 0.0101. The molecule has 0 aromatic heterocycles. The molecule has 4 atom stereocenters. The fourth-order valence-electron chi connectivity index (χ4n) is 4.89. The minimum absolute atomic E-state index is 0.0194. The van der Waals surface area contributed by atoms with Gasteiger partial charge in [0.2, 0.25) is 11.8 Å². The lowest BCUT2D eigenvalue weighted by Crippen LogP contribution is -2.47. The number of hydrogen-bond acceptors (Lipinski definition) is 5. The van der Waals surface area contributed by atoms with Crippen LogP contribution in [0.5, 0.6) is 5.75 Å². The fourth-order valence-corrected chi connectivity index (χ4v) is 4.89. The Labute approximate surface area is 197 Å². The molecule has 0 spiro atoms. The van der Waals surface area contributed by atoms with Crippen LogP contribution in [-0.2, 0) is 20.9 Å². The number of anilines is 1. The van der Waals surface area contributed by atoms with Gasteiger partial charge in [0.25, 0.3) is 0 Å². The maximum Gasteiger partial charge on any atom is 0.224 e. The number of halogens is 1. The van der Waals surface area contributed by atoms with Crippen molar-refractivity contribution in [2.75, 3.05) is 11.9 Å². The van der Waals surface area contributed by atoms with E-state index in [4.69, 9.17) is 9.47 Å². The summed E-state index contributed by atoms with van der Waals surface area (Å²) < 4.78 is 25.4. The van der Waals surface area contributed by atoms with Gasteiger partial charge < -0.3 is 25.2 Å². The highest BCUT2D eigenvalue weighted by Gasteiger charge is 2.46. The zero-order valence-corrected chi connectivity index (χ0v) is 18.8. The normalized spacial score (nSPS) is 25.1. The molecular formula is C26H29FN2O5. The van der Waals surface area contributed by atoms with Crippen molar-refractivity contribution in [3.8, 4) is 5.75 Å². The highest BCUT2D eigenvalue weighted by molar-refractivity contribution is 5.91. The molecular weight excluding hydrogens is 439 g/mol. The van der Waals surface area contributed by atoms with Crippen LogP contribution in [0.25, 0.3) is 0 Å². The molecule has 1 saturated heterocycles. The largest absolute Gasteiger partial charge is 0.487 e. The molecule has 2 aromatic carbocycles. The Balaban J connectivity index is 1.23. The van der Waals surface area contributed by atoms with Gasteiger partial charge in [0.15, 0.2) is 0 Å². The maximum absolute atomic E-state index is 13.4.